The van der Waals surface area contributed by atoms with Crippen LogP contribution in [-0.4, -0.2) is 33.4 Å². The molecule has 0 aromatic rings. The molecule has 1 saturated heterocycles. The van der Waals surface area contributed by atoms with Crippen LogP contribution in [0.5, 0.6) is 0 Å². The van der Waals surface area contributed by atoms with Gasteiger partial charge in [-0.15, -0.1) is 0 Å². The number of nitrogens with zero attached hydrogens (tertiary/aromatic N) is 1. The molecule has 60 valence electrons. The summed E-state index contributed by atoms with van der Waals surface area (Å²) in [6.07, 6.45) is 2.57. The summed E-state index contributed by atoms with van der Waals surface area (Å²) in [5.74, 6) is 0. The molecule has 1 atom stereocenters. The van der Waals surface area contributed by atoms with Crippen LogP contribution in [0.25, 0.3) is 0 Å². The first-order valence-electron chi connectivity index (χ1n) is 4.50. The van der Waals surface area contributed by atoms with E-state index in [9.17, 15) is 0 Å². The minimum atomic E-state index is 0.709. The van der Waals surface area contributed by atoms with Crippen LogP contribution in [0.15, 0.2) is 0 Å². The van der Waals surface area contributed by atoms with Crippen molar-refractivity contribution in [2.24, 2.45) is 0 Å². The third kappa shape index (κ3) is 2.89. The topological polar surface area (TPSA) is 27.3 Å². The highest BCUT2D eigenvalue weighted by Crippen LogP contribution is 2.02. The summed E-state index contributed by atoms with van der Waals surface area (Å²) in [5.41, 5.74) is 0. The van der Waals surface area contributed by atoms with Gasteiger partial charge in [0, 0.05) is 0 Å². The number of rotatable bonds is 3. The van der Waals surface area contributed by atoms with Crippen LogP contribution < -0.4 is 10.3 Å². The van der Waals surface area contributed by atoms with Crippen molar-refractivity contribution in [1.29, 1.82) is 0 Å². The van der Waals surface area contributed by atoms with E-state index >= 15 is 0 Å². The van der Waals surface area contributed by atoms with Gasteiger partial charge in [0.2, 0.25) is 0 Å². The van der Waals surface area contributed by atoms with Crippen LogP contribution in [0.4, 0.5) is 0 Å². The number of hydrogen-bond donors (Lipinski definition) is 2. The summed E-state index contributed by atoms with van der Waals surface area (Å²) in [6, 6.07) is 0.709. The highest BCUT2D eigenvalue weighted by Gasteiger charge is 2.17. The third-order valence-corrected chi connectivity index (χ3v) is 2.21. The van der Waals surface area contributed by atoms with E-state index in [1.54, 1.807) is 0 Å². The molecule has 1 aliphatic rings. The Labute approximate surface area is 71.2 Å². The zero-order chi connectivity index (χ0) is 8.10. The molecule has 0 aliphatic carbocycles. The van der Waals surface area contributed by atoms with Gasteiger partial charge >= 0.3 is 0 Å². The van der Waals surface area contributed by atoms with Gasteiger partial charge in [-0.2, -0.15) is 0 Å². The molecule has 11 heavy (non-hydrogen) atoms. The lowest BCUT2D eigenvalue weighted by atomic mass is 9.78. The van der Waals surface area contributed by atoms with Gasteiger partial charge in [-0.3, -0.25) is 0 Å². The van der Waals surface area contributed by atoms with Crippen LogP contribution in [0.2, 0.25) is 0 Å². The summed E-state index contributed by atoms with van der Waals surface area (Å²) in [4.78, 5) is 0. The molecule has 0 aromatic heterocycles. The summed E-state index contributed by atoms with van der Waals surface area (Å²) in [7, 11) is 3.03. The van der Waals surface area contributed by atoms with E-state index in [0.717, 1.165) is 22.6 Å². The zero-order valence-electron chi connectivity index (χ0n) is 7.56. The maximum Gasteiger partial charge on any atom is 0.268 e. The molecule has 1 unspecified atom stereocenters. The van der Waals surface area contributed by atoms with E-state index in [4.69, 9.17) is 0 Å². The molecule has 0 radical (unpaired) electrons. The Hall–Kier alpha value is 0.0748. The fourth-order valence-corrected chi connectivity index (χ4v) is 1.46. The van der Waals surface area contributed by atoms with Gasteiger partial charge in [0.25, 0.3) is 22.6 Å². The predicted octanol–water partition coefficient (Wildman–Crippen LogP) is -1.53. The molecule has 2 N–H and O–H groups in total. The molecule has 0 amide bonds. The molecule has 0 aromatic carbocycles. The average molecular weight is 151 g/mol. The van der Waals surface area contributed by atoms with E-state index in [0.29, 0.717) is 6.04 Å². The maximum absolute atomic E-state index is 3.29. The van der Waals surface area contributed by atoms with E-state index < -0.39 is 0 Å². The zero-order valence-corrected chi connectivity index (χ0v) is 7.56. The second kappa shape index (κ2) is 4.85. The van der Waals surface area contributed by atoms with Crippen molar-refractivity contribution >= 4 is 22.6 Å². The lowest BCUT2D eigenvalue weighted by Crippen LogP contribution is -2.60. The Balaban J connectivity index is 2.21. The normalized spacial score (nSPS) is 21.3. The van der Waals surface area contributed by atoms with Gasteiger partial charge in [-0.25, -0.2) is 0 Å². The molecular weight excluding hydrogens is 135 g/mol. The van der Waals surface area contributed by atoms with Crippen LogP contribution in [0, 0.1) is 0 Å². The lowest BCUT2D eigenvalue weighted by molar-refractivity contribution is 0.462. The van der Waals surface area contributed by atoms with E-state index in [1.807, 2.05) is 0 Å². The van der Waals surface area contributed by atoms with Gasteiger partial charge in [0.1, 0.15) is 0 Å². The number of hydrogen-bond acceptors (Lipinski definition) is 3. The molecule has 1 rings (SSSR count). The summed E-state index contributed by atoms with van der Waals surface area (Å²) >= 11 is 0. The maximum atomic E-state index is 3.29. The first-order chi connectivity index (χ1) is 5.34. The average Bonchev–Trinajstić information content (AvgIpc) is 2.07. The molecule has 1 heterocycles. The molecule has 0 saturated carbocycles. The molecule has 1 aliphatic heterocycles. The summed E-state index contributed by atoms with van der Waals surface area (Å²) < 4.78 is 2.42. The fourth-order valence-electron chi connectivity index (χ4n) is 1.46. The summed E-state index contributed by atoms with van der Waals surface area (Å²) in [6.45, 7) is 4.53. The SMILES string of the molecule is CCCC(C)N1BNBNB1. The molecule has 3 nitrogen and oxygen atoms in total. The molecule has 0 spiro atoms. The molecule has 1 fully saturated rings. The first-order valence-corrected chi connectivity index (χ1v) is 4.50. The first kappa shape index (κ1) is 9.17. The van der Waals surface area contributed by atoms with Crippen molar-refractivity contribution in [3.63, 3.8) is 0 Å². The van der Waals surface area contributed by atoms with Crippen LogP contribution >= 0.6 is 0 Å². The standard InChI is InChI=1S/C5H16B3N3/c1-3-4-5(2)11-7-9-6-10-8-11/h5-10H,3-4H2,1-2H3. The van der Waals surface area contributed by atoms with Crippen LogP contribution in [0.3, 0.4) is 0 Å². The summed E-state index contributed by atoms with van der Waals surface area (Å²) in [5, 5.41) is 6.58. The minimum absolute atomic E-state index is 0.709. The Kier molecular flexibility index (Phi) is 4.04. The van der Waals surface area contributed by atoms with Crippen LogP contribution in [-0.2, 0) is 0 Å². The lowest BCUT2D eigenvalue weighted by Gasteiger charge is -2.31. The largest absolute Gasteiger partial charge is 0.377 e. The van der Waals surface area contributed by atoms with Crippen molar-refractivity contribution < 1.29 is 0 Å². The van der Waals surface area contributed by atoms with Gasteiger partial charge in [-0.05, 0) is 12.5 Å². The smallest absolute Gasteiger partial charge is 0.268 e. The molecular formula is C5H16B3N3. The third-order valence-electron chi connectivity index (χ3n) is 2.21. The highest BCUT2D eigenvalue weighted by molar-refractivity contribution is 6.65. The van der Waals surface area contributed by atoms with Gasteiger partial charge in [0.15, 0.2) is 0 Å². The van der Waals surface area contributed by atoms with E-state index in [-0.39, 0.29) is 0 Å². The van der Waals surface area contributed by atoms with Crippen molar-refractivity contribution in [3.05, 3.63) is 0 Å². The molecule has 6 heteroatoms. The van der Waals surface area contributed by atoms with Crippen molar-refractivity contribution in [2.75, 3.05) is 0 Å². The van der Waals surface area contributed by atoms with E-state index in [2.05, 4.69) is 28.8 Å². The van der Waals surface area contributed by atoms with Crippen molar-refractivity contribution in [3.8, 4) is 0 Å². The Morgan fingerprint density at radius 2 is 2.00 bits per heavy atom. The Bertz CT molecular complexity index is 107. The van der Waals surface area contributed by atoms with Crippen molar-refractivity contribution in [2.45, 2.75) is 32.7 Å². The van der Waals surface area contributed by atoms with Gasteiger partial charge in [-0.1, -0.05) is 20.3 Å². The van der Waals surface area contributed by atoms with E-state index in [1.165, 1.54) is 12.8 Å². The van der Waals surface area contributed by atoms with Crippen molar-refractivity contribution in [1.82, 2.24) is 15.0 Å². The molecule has 0 bridgehead atoms. The second-order valence-electron chi connectivity index (χ2n) is 3.22. The van der Waals surface area contributed by atoms with Gasteiger partial charge in [0.05, 0.1) is 0 Å². The number of nitrogens with one attached hydrogen (secondary N) is 2. The second-order valence-corrected chi connectivity index (χ2v) is 3.22. The van der Waals surface area contributed by atoms with Crippen LogP contribution in [0.1, 0.15) is 26.7 Å². The highest BCUT2D eigenvalue weighted by atomic mass is 15.1. The predicted molar refractivity (Wildman–Crippen MR) is 53.9 cm³/mol. The van der Waals surface area contributed by atoms with Gasteiger partial charge < -0.3 is 15.0 Å². The minimum Gasteiger partial charge on any atom is -0.377 e. The monoisotopic (exact) mass is 151 g/mol. The Morgan fingerprint density at radius 1 is 1.36 bits per heavy atom. The fraction of sp³-hybridized carbons (Fsp3) is 1.00. The quantitative estimate of drug-likeness (QED) is 0.478. The Morgan fingerprint density at radius 3 is 2.55 bits per heavy atom.